The second-order valence-corrected chi connectivity index (χ2v) is 8.77. The third-order valence-electron chi connectivity index (χ3n) is 4.64. The quantitative estimate of drug-likeness (QED) is 0.331. The van der Waals surface area contributed by atoms with Crippen LogP contribution in [0.3, 0.4) is 0 Å². The van der Waals surface area contributed by atoms with E-state index in [0.717, 1.165) is 36.4 Å². The monoisotopic (exact) mass is 510 g/mol. The first-order valence-electron chi connectivity index (χ1n) is 9.07. The molecule has 0 radical (unpaired) electrons. The van der Waals surface area contributed by atoms with Gasteiger partial charge in [-0.15, -0.1) is 0 Å². The maximum Gasteiger partial charge on any atom is 0.274 e. The van der Waals surface area contributed by atoms with Gasteiger partial charge in [-0.25, -0.2) is 9.38 Å². The maximum absolute atomic E-state index is 12.9. The van der Waals surface area contributed by atoms with Gasteiger partial charge in [-0.2, -0.15) is 0 Å². The zero-order chi connectivity index (χ0) is 19.8. The number of imidazole rings is 1. The van der Waals surface area contributed by atoms with Crippen molar-refractivity contribution in [1.29, 1.82) is 0 Å². The van der Waals surface area contributed by atoms with Gasteiger partial charge in [0.25, 0.3) is 5.56 Å². The van der Waals surface area contributed by atoms with E-state index in [-0.39, 0.29) is 5.56 Å². The molecule has 3 aromatic carbocycles. The molecule has 2 aromatic heterocycles. The normalized spacial score (nSPS) is 12.1. The van der Waals surface area contributed by atoms with Crippen LogP contribution < -0.4 is 14.8 Å². The molecule has 2 heterocycles. The molecule has 6 heteroatoms. The van der Waals surface area contributed by atoms with Gasteiger partial charge < -0.3 is 4.74 Å². The van der Waals surface area contributed by atoms with Crippen molar-refractivity contribution in [1.82, 2.24) is 9.38 Å². The van der Waals surface area contributed by atoms with Gasteiger partial charge in [0, 0.05) is 0 Å². The number of halogens is 1. The molecule has 0 N–H and O–H groups in total. The summed E-state index contributed by atoms with van der Waals surface area (Å²) in [5.74, 6) is 0.834. The summed E-state index contributed by atoms with van der Waals surface area (Å²) in [5, 5.41) is 0. The van der Waals surface area contributed by atoms with Crippen LogP contribution >= 0.6 is 33.9 Å². The maximum atomic E-state index is 12.9. The number of aromatic nitrogens is 2. The molecular formula is C23H15IN2O2S. The number of para-hydroxylation sites is 2. The zero-order valence-corrected chi connectivity index (χ0v) is 18.2. The molecule has 0 saturated carbocycles. The summed E-state index contributed by atoms with van der Waals surface area (Å²) in [6, 6.07) is 23.7. The van der Waals surface area contributed by atoms with Gasteiger partial charge >= 0.3 is 0 Å². The van der Waals surface area contributed by atoms with Crippen molar-refractivity contribution in [2.24, 2.45) is 0 Å². The molecule has 4 nitrogen and oxygen atoms in total. The van der Waals surface area contributed by atoms with Gasteiger partial charge in [0.15, 0.2) is 4.96 Å². The van der Waals surface area contributed by atoms with Gasteiger partial charge in [0.2, 0.25) is 0 Å². The first-order chi connectivity index (χ1) is 14.2. The molecule has 0 bridgehead atoms. The molecule has 0 amide bonds. The van der Waals surface area contributed by atoms with Crippen molar-refractivity contribution in [2.45, 2.75) is 6.61 Å². The summed E-state index contributed by atoms with van der Waals surface area (Å²) in [7, 11) is 0. The minimum atomic E-state index is -0.0295. The Balaban J connectivity index is 1.47. The molecule has 0 spiro atoms. The predicted octanol–water partition coefficient (Wildman–Crippen LogP) is 4.64. The van der Waals surface area contributed by atoms with E-state index in [1.807, 2.05) is 78.9 Å². The third-order valence-corrected chi connectivity index (χ3v) is 6.45. The molecule has 0 atom stereocenters. The molecule has 5 rings (SSSR count). The van der Waals surface area contributed by atoms with E-state index in [2.05, 4.69) is 27.6 Å². The number of fused-ring (bicyclic) bond motifs is 3. The molecule has 0 saturated heterocycles. The standard InChI is InChI=1S/C23H15IN2O2S/c24-17-12-16(10-11-20(17)28-14-15-6-2-1-3-7-15)13-21-22(27)26-19-9-5-4-8-18(19)25-23(26)29-21/h1-13H,14H2/b21-13-. The minimum Gasteiger partial charge on any atom is -0.488 e. The summed E-state index contributed by atoms with van der Waals surface area (Å²) in [5.41, 5.74) is 3.76. The Labute approximate surface area is 184 Å². The molecule has 0 aliphatic rings. The highest BCUT2D eigenvalue weighted by Gasteiger charge is 2.10. The fourth-order valence-electron chi connectivity index (χ4n) is 3.22. The van der Waals surface area contributed by atoms with E-state index in [1.165, 1.54) is 11.3 Å². The Morgan fingerprint density at radius 3 is 2.66 bits per heavy atom. The molecule has 0 unspecified atom stereocenters. The van der Waals surface area contributed by atoms with Crippen LogP contribution in [0.25, 0.3) is 22.1 Å². The van der Waals surface area contributed by atoms with E-state index in [9.17, 15) is 4.79 Å². The predicted molar refractivity (Wildman–Crippen MR) is 126 cm³/mol. The summed E-state index contributed by atoms with van der Waals surface area (Å²) in [6.07, 6.45) is 1.92. The molecule has 142 valence electrons. The smallest absolute Gasteiger partial charge is 0.274 e. The number of benzene rings is 3. The van der Waals surface area contributed by atoms with E-state index in [1.54, 1.807) is 4.40 Å². The SMILES string of the molecule is O=c1/c(=C/c2ccc(OCc3ccccc3)c(I)c2)sc2nc3ccccc3n12. The average molecular weight is 510 g/mol. The van der Waals surface area contributed by atoms with Crippen molar-refractivity contribution < 1.29 is 4.74 Å². The van der Waals surface area contributed by atoms with Crippen LogP contribution in [-0.4, -0.2) is 9.38 Å². The first-order valence-corrected chi connectivity index (χ1v) is 11.0. The van der Waals surface area contributed by atoms with Crippen molar-refractivity contribution in [3.8, 4) is 5.75 Å². The third kappa shape index (κ3) is 3.54. The van der Waals surface area contributed by atoms with Crippen molar-refractivity contribution in [3.63, 3.8) is 0 Å². The molecule has 5 aromatic rings. The fraction of sp³-hybridized carbons (Fsp3) is 0.0435. The van der Waals surface area contributed by atoms with Crippen molar-refractivity contribution >= 4 is 56.0 Å². The number of hydrogen-bond donors (Lipinski definition) is 0. The lowest BCUT2D eigenvalue weighted by molar-refractivity contribution is 0.304. The molecule has 29 heavy (non-hydrogen) atoms. The van der Waals surface area contributed by atoms with Crippen LogP contribution in [-0.2, 0) is 6.61 Å². The summed E-state index contributed by atoms with van der Waals surface area (Å²) in [4.78, 5) is 18.2. The topological polar surface area (TPSA) is 43.6 Å². The van der Waals surface area contributed by atoms with Gasteiger partial charge in [-0.3, -0.25) is 4.79 Å². The van der Waals surface area contributed by atoms with E-state index >= 15 is 0 Å². The van der Waals surface area contributed by atoms with Crippen LogP contribution in [0.2, 0.25) is 0 Å². The Bertz CT molecular complexity index is 1440. The van der Waals surface area contributed by atoms with Crippen molar-refractivity contribution in [2.75, 3.05) is 0 Å². The molecular weight excluding hydrogens is 495 g/mol. The lowest BCUT2D eigenvalue weighted by Crippen LogP contribution is -2.22. The lowest BCUT2D eigenvalue weighted by atomic mass is 10.2. The van der Waals surface area contributed by atoms with Crippen molar-refractivity contribution in [3.05, 3.63) is 102 Å². The Hall–Kier alpha value is -2.71. The van der Waals surface area contributed by atoms with Crippen LogP contribution in [0.4, 0.5) is 0 Å². The number of nitrogens with zero attached hydrogens (tertiary/aromatic N) is 2. The van der Waals surface area contributed by atoms with E-state index in [0.29, 0.717) is 11.1 Å². The average Bonchev–Trinajstić information content (AvgIpc) is 3.24. The Kier molecular flexibility index (Phi) is 4.81. The zero-order valence-electron chi connectivity index (χ0n) is 15.2. The highest BCUT2D eigenvalue weighted by atomic mass is 127. The lowest BCUT2D eigenvalue weighted by Gasteiger charge is -2.08. The number of ether oxygens (including phenoxy) is 1. The Morgan fingerprint density at radius 1 is 1.03 bits per heavy atom. The Morgan fingerprint density at radius 2 is 1.83 bits per heavy atom. The molecule has 0 aliphatic carbocycles. The van der Waals surface area contributed by atoms with Crippen LogP contribution in [0, 0.1) is 3.57 Å². The second kappa shape index (κ2) is 7.61. The number of thiazole rings is 1. The largest absolute Gasteiger partial charge is 0.488 e. The van der Waals surface area contributed by atoms with Gasteiger partial charge in [-0.05, 0) is 64.1 Å². The summed E-state index contributed by atoms with van der Waals surface area (Å²) >= 11 is 3.68. The van der Waals surface area contributed by atoms with Crippen LogP contribution in [0.5, 0.6) is 5.75 Å². The van der Waals surface area contributed by atoms with Crippen LogP contribution in [0.15, 0.2) is 77.6 Å². The minimum absolute atomic E-state index is 0.0295. The molecule has 0 aliphatic heterocycles. The van der Waals surface area contributed by atoms with Crippen LogP contribution in [0.1, 0.15) is 11.1 Å². The summed E-state index contributed by atoms with van der Waals surface area (Å²) < 4.78 is 9.31. The highest BCUT2D eigenvalue weighted by molar-refractivity contribution is 14.1. The van der Waals surface area contributed by atoms with E-state index in [4.69, 9.17) is 4.74 Å². The number of hydrogen-bond acceptors (Lipinski definition) is 4. The first kappa shape index (κ1) is 18.3. The summed E-state index contributed by atoms with van der Waals surface area (Å²) in [6.45, 7) is 0.528. The van der Waals surface area contributed by atoms with Gasteiger partial charge in [0.05, 0.1) is 19.1 Å². The second-order valence-electron chi connectivity index (χ2n) is 6.60. The highest BCUT2D eigenvalue weighted by Crippen LogP contribution is 2.24. The number of rotatable bonds is 4. The van der Waals surface area contributed by atoms with Gasteiger partial charge in [-0.1, -0.05) is 59.9 Å². The van der Waals surface area contributed by atoms with Gasteiger partial charge in [0.1, 0.15) is 12.4 Å². The fourth-order valence-corrected chi connectivity index (χ4v) is 4.90. The van der Waals surface area contributed by atoms with E-state index < -0.39 is 0 Å². The molecule has 0 fully saturated rings.